The number of ether oxygens (including phenoxy) is 2. The van der Waals surface area contributed by atoms with E-state index in [2.05, 4.69) is 110 Å². The molecule has 0 amide bonds. The minimum Gasteiger partial charge on any atom is -0.462 e. The van der Waals surface area contributed by atoms with Crippen molar-refractivity contribution in [2.24, 2.45) is 0 Å². The minimum absolute atomic E-state index is 0.309. The van der Waals surface area contributed by atoms with E-state index in [0.717, 1.165) is 12.8 Å². The third-order valence-corrected chi connectivity index (χ3v) is 10.9. The lowest BCUT2D eigenvalue weighted by Gasteiger charge is -2.25. The number of hydrogen-bond donors (Lipinski definition) is 0. The second-order valence-corrected chi connectivity index (χ2v) is 13.2. The Morgan fingerprint density at radius 3 is 1.11 bits per heavy atom. The molecule has 4 nitrogen and oxygen atoms in total. The van der Waals surface area contributed by atoms with Crippen LogP contribution in [0.15, 0.2) is 24.8 Å². The average molecular weight is 639 g/mol. The summed E-state index contributed by atoms with van der Waals surface area (Å²) in [4.78, 5) is 22.7. The highest BCUT2D eigenvalue weighted by atomic mass is 16.5. The van der Waals surface area contributed by atoms with E-state index in [-0.39, 0.29) is 11.9 Å². The first-order valence-corrected chi connectivity index (χ1v) is 16.7. The quantitative estimate of drug-likeness (QED) is 0.173. The SMILES string of the molecule is C=C(C)C(=O)OCCc1c(C)c(C)c(C)c(C)c1C.C=CC(=O)OCCc1c(C)c(C)c(-c2c(C)c(C)c(C)c(C)c2C)c(C)c1C. The molecule has 0 heterocycles. The molecular formula is C43H58O4. The van der Waals surface area contributed by atoms with Crippen molar-refractivity contribution >= 4 is 11.9 Å². The van der Waals surface area contributed by atoms with Gasteiger partial charge in [-0.3, -0.25) is 0 Å². The van der Waals surface area contributed by atoms with E-state index in [9.17, 15) is 9.59 Å². The average Bonchev–Trinajstić information content (AvgIpc) is 3.04. The number of esters is 2. The molecule has 0 aliphatic heterocycles. The van der Waals surface area contributed by atoms with Gasteiger partial charge in [0, 0.05) is 24.5 Å². The summed E-state index contributed by atoms with van der Waals surface area (Å²) >= 11 is 0. The Morgan fingerprint density at radius 1 is 0.489 bits per heavy atom. The van der Waals surface area contributed by atoms with Crippen LogP contribution < -0.4 is 0 Å². The summed E-state index contributed by atoms with van der Waals surface area (Å²) in [6.45, 7) is 40.2. The van der Waals surface area contributed by atoms with Crippen molar-refractivity contribution < 1.29 is 19.1 Å². The Morgan fingerprint density at radius 2 is 0.766 bits per heavy atom. The fourth-order valence-corrected chi connectivity index (χ4v) is 6.65. The smallest absolute Gasteiger partial charge is 0.333 e. The molecule has 3 rings (SSSR count). The van der Waals surface area contributed by atoms with Crippen LogP contribution in [-0.2, 0) is 31.9 Å². The first kappa shape index (κ1) is 39.3. The lowest BCUT2D eigenvalue weighted by Crippen LogP contribution is -2.11. The van der Waals surface area contributed by atoms with Crippen LogP contribution in [0.1, 0.15) is 95.9 Å². The van der Waals surface area contributed by atoms with Crippen LogP contribution in [0.3, 0.4) is 0 Å². The second-order valence-electron chi connectivity index (χ2n) is 13.2. The van der Waals surface area contributed by atoms with E-state index in [1.807, 2.05) is 0 Å². The molecule has 0 saturated carbocycles. The normalized spacial score (nSPS) is 10.7. The van der Waals surface area contributed by atoms with Gasteiger partial charge in [0.1, 0.15) is 0 Å². The van der Waals surface area contributed by atoms with Gasteiger partial charge in [-0.25, -0.2) is 9.59 Å². The van der Waals surface area contributed by atoms with Gasteiger partial charge in [-0.05, 0) is 204 Å². The van der Waals surface area contributed by atoms with Crippen molar-refractivity contribution in [1.29, 1.82) is 0 Å². The molecule has 0 bridgehead atoms. The Hall–Kier alpha value is -3.92. The lowest BCUT2D eigenvalue weighted by molar-refractivity contribution is -0.139. The predicted octanol–water partition coefficient (Wildman–Crippen LogP) is 10.3. The molecule has 3 aromatic carbocycles. The van der Waals surface area contributed by atoms with Crippen LogP contribution in [-0.4, -0.2) is 25.2 Å². The summed E-state index contributed by atoms with van der Waals surface area (Å²) < 4.78 is 10.4. The molecule has 0 aliphatic rings. The number of benzene rings is 3. The second kappa shape index (κ2) is 16.3. The molecule has 0 spiro atoms. The Labute approximate surface area is 285 Å². The third kappa shape index (κ3) is 8.33. The molecule has 0 N–H and O–H groups in total. The van der Waals surface area contributed by atoms with Crippen molar-refractivity contribution in [3.63, 3.8) is 0 Å². The fraction of sp³-hybridized carbons (Fsp3) is 0.442. The number of rotatable bonds is 9. The van der Waals surface area contributed by atoms with Crippen molar-refractivity contribution in [3.8, 4) is 11.1 Å². The van der Waals surface area contributed by atoms with Crippen LogP contribution >= 0.6 is 0 Å². The van der Waals surface area contributed by atoms with Crippen molar-refractivity contribution in [2.45, 2.75) is 117 Å². The molecule has 0 atom stereocenters. The number of carbonyl (C=O) groups excluding carboxylic acids is 2. The van der Waals surface area contributed by atoms with Crippen LogP contribution in [0.25, 0.3) is 11.1 Å². The summed E-state index contributed by atoms with van der Waals surface area (Å²) in [5.41, 5.74) is 24.6. The molecule has 0 aliphatic carbocycles. The van der Waals surface area contributed by atoms with Gasteiger partial charge in [0.05, 0.1) is 13.2 Å². The van der Waals surface area contributed by atoms with E-state index < -0.39 is 0 Å². The highest BCUT2D eigenvalue weighted by Gasteiger charge is 2.21. The molecular weight excluding hydrogens is 580 g/mol. The Bertz CT molecular complexity index is 1640. The maximum Gasteiger partial charge on any atom is 0.333 e. The monoisotopic (exact) mass is 638 g/mol. The van der Waals surface area contributed by atoms with E-state index in [4.69, 9.17) is 9.47 Å². The summed E-state index contributed by atoms with van der Waals surface area (Å²) in [5, 5.41) is 0. The van der Waals surface area contributed by atoms with Crippen LogP contribution in [0.4, 0.5) is 0 Å². The van der Waals surface area contributed by atoms with Crippen molar-refractivity contribution in [1.82, 2.24) is 0 Å². The molecule has 0 radical (unpaired) electrons. The predicted molar refractivity (Wildman–Crippen MR) is 199 cm³/mol. The maximum absolute atomic E-state index is 11.4. The van der Waals surface area contributed by atoms with Gasteiger partial charge >= 0.3 is 11.9 Å². The fourth-order valence-electron chi connectivity index (χ4n) is 6.65. The topological polar surface area (TPSA) is 52.6 Å². The zero-order valence-corrected chi connectivity index (χ0v) is 32.0. The van der Waals surface area contributed by atoms with Crippen molar-refractivity contribution in [2.75, 3.05) is 13.2 Å². The van der Waals surface area contributed by atoms with Gasteiger partial charge in [-0.2, -0.15) is 0 Å². The third-order valence-electron chi connectivity index (χ3n) is 10.9. The molecule has 0 unspecified atom stereocenters. The van der Waals surface area contributed by atoms with E-state index in [1.54, 1.807) is 6.92 Å². The number of hydrogen-bond acceptors (Lipinski definition) is 4. The highest BCUT2D eigenvalue weighted by Crippen LogP contribution is 2.40. The highest BCUT2D eigenvalue weighted by molar-refractivity contribution is 5.87. The summed E-state index contributed by atoms with van der Waals surface area (Å²) in [6.07, 6.45) is 2.70. The van der Waals surface area contributed by atoms with Crippen LogP contribution in [0, 0.1) is 96.9 Å². The Kier molecular flexibility index (Phi) is 13.6. The van der Waals surface area contributed by atoms with Gasteiger partial charge in [0.2, 0.25) is 0 Å². The minimum atomic E-state index is -0.364. The molecule has 3 aromatic rings. The first-order chi connectivity index (χ1) is 21.8. The molecule has 4 heteroatoms. The molecule has 0 fully saturated rings. The molecule has 0 aromatic heterocycles. The summed E-state index contributed by atoms with van der Waals surface area (Å²) in [6, 6.07) is 0. The van der Waals surface area contributed by atoms with Gasteiger partial charge in [-0.1, -0.05) is 13.2 Å². The first-order valence-electron chi connectivity index (χ1n) is 16.7. The van der Waals surface area contributed by atoms with E-state index in [1.165, 1.54) is 106 Å². The van der Waals surface area contributed by atoms with Gasteiger partial charge < -0.3 is 9.47 Å². The van der Waals surface area contributed by atoms with Gasteiger partial charge in [0.25, 0.3) is 0 Å². The molecule has 0 saturated heterocycles. The zero-order valence-electron chi connectivity index (χ0n) is 32.0. The number of carbonyl (C=O) groups is 2. The molecule has 254 valence electrons. The standard InChI is InChI=1S/C26H34O2.C17H24O2/c1-11-24(27)28-13-12-23-17(5)21(9)26(22(10)18(23)6)25-19(7)15(3)14(2)16(4)20(25)8;1-10(2)17(18)19-9-8-16-14(6)12(4)11(3)13(5)15(16)7/h11H,1,12-13H2,2-10H3;1,8-9H2,2-7H3. The maximum atomic E-state index is 11.4. The summed E-state index contributed by atoms with van der Waals surface area (Å²) in [5.74, 6) is -0.673. The van der Waals surface area contributed by atoms with Crippen LogP contribution in [0.2, 0.25) is 0 Å². The largest absolute Gasteiger partial charge is 0.462 e. The Balaban J connectivity index is 0.000000353. The van der Waals surface area contributed by atoms with Gasteiger partial charge in [-0.15, -0.1) is 0 Å². The van der Waals surface area contributed by atoms with Crippen molar-refractivity contribution in [3.05, 3.63) is 114 Å². The van der Waals surface area contributed by atoms with Crippen LogP contribution in [0.5, 0.6) is 0 Å². The zero-order chi connectivity index (χ0) is 36.1. The van der Waals surface area contributed by atoms with E-state index >= 15 is 0 Å². The van der Waals surface area contributed by atoms with E-state index in [0.29, 0.717) is 18.8 Å². The molecule has 47 heavy (non-hydrogen) atoms. The van der Waals surface area contributed by atoms with Gasteiger partial charge in [0.15, 0.2) is 0 Å². The lowest BCUT2D eigenvalue weighted by atomic mass is 9.79. The summed E-state index contributed by atoms with van der Waals surface area (Å²) in [7, 11) is 0.